The van der Waals surface area contributed by atoms with E-state index in [4.69, 9.17) is 9.47 Å². The van der Waals surface area contributed by atoms with Gasteiger partial charge in [0, 0.05) is 25.0 Å². The molecule has 37 heavy (non-hydrogen) atoms. The molecule has 196 valence electrons. The lowest BCUT2D eigenvalue weighted by molar-refractivity contribution is -0.213. The Bertz CT molecular complexity index is 1250. The van der Waals surface area contributed by atoms with Crippen LogP contribution in [0, 0.1) is 0 Å². The predicted molar refractivity (Wildman–Crippen MR) is 125 cm³/mol. The van der Waals surface area contributed by atoms with Crippen molar-refractivity contribution in [1.29, 1.82) is 0 Å². The van der Waals surface area contributed by atoms with Crippen molar-refractivity contribution in [3.63, 3.8) is 0 Å². The fourth-order valence-electron chi connectivity index (χ4n) is 3.67. The minimum absolute atomic E-state index is 0.319. The Balaban J connectivity index is 1.70. The summed E-state index contributed by atoms with van der Waals surface area (Å²) in [6, 6.07) is 7.53. The molecule has 0 heterocycles. The quantitative estimate of drug-likeness (QED) is 0.156. The molecular weight excluding hydrogens is 492 g/mol. The number of ether oxygens (including phenoxy) is 2. The molecule has 1 aliphatic carbocycles. The van der Waals surface area contributed by atoms with Crippen LogP contribution >= 0.6 is 0 Å². The van der Waals surface area contributed by atoms with Crippen LogP contribution in [-0.2, 0) is 23.9 Å². The van der Waals surface area contributed by atoms with E-state index in [1.54, 1.807) is 0 Å². The van der Waals surface area contributed by atoms with Gasteiger partial charge in [0.1, 0.15) is 18.3 Å². The van der Waals surface area contributed by atoms with Gasteiger partial charge in [-0.2, -0.15) is 0 Å². The van der Waals surface area contributed by atoms with Crippen molar-refractivity contribution in [2.75, 3.05) is 0 Å². The van der Waals surface area contributed by atoms with Crippen molar-refractivity contribution in [2.45, 2.75) is 36.8 Å². The molecule has 0 amide bonds. The highest BCUT2D eigenvalue weighted by Crippen LogP contribution is 2.34. The number of phenols is 4. The molecule has 0 radical (unpaired) electrons. The van der Waals surface area contributed by atoms with Gasteiger partial charge in [0.15, 0.2) is 28.6 Å². The second-order valence-corrected chi connectivity index (χ2v) is 8.31. The van der Waals surface area contributed by atoms with Gasteiger partial charge in [-0.3, -0.25) is 0 Å². The molecule has 12 nitrogen and oxygen atoms in total. The summed E-state index contributed by atoms with van der Waals surface area (Å²) in [7, 11) is 0. The molecule has 2 aromatic rings. The highest BCUT2D eigenvalue weighted by Gasteiger charge is 2.55. The zero-order valence-electron chi connectivity index (χ0n) is 19.1. The van der Waals surface area contributed by atoms with E-state index in [9.17, 15) is 50.1 Å². The summed E-state index contributed by atoms with van der Waals surface area (Å²) < 4.78 is 10.3. The number of hydrogen-bond acceptors (Lipinski definition) is 11. The van der Waals surface area contributed by atoms with E-state index in [1.807, 2.05) is 0 Å². The van der Waals surface area contributed by atoms with E-state index < -0.39 is 59.7 Å². The number of carbonyl (C=O) groups is 3. The molecule has 0 unspecified atom stereocenters. The third-order valence-corrected chi connectivity index (χ3v) is 5.62. The second kappa shape index (κ2) is 11.0. The van der Waals surface area contributed by atoms with Crippen LogP contribution in [0.2, 0.25) is 0 Å². The summed E-state index contributed by atoms with van der Waals surface area (Å²) in [6.07, 6.45) is -1.49. The van der Waals surface area contributed by atoms with Crippen LogP contribution in [0.3, 0.4) is 0 Å². The average molecular weight is 516 g/mol. The molecule has 1 saturated carbocycles. The number of carbonyl (C=O) groups excluding carboxylic acids is 2. The molecule has 12 heteroatoms. The molecule has 4 atom stereocenters. The highest BCUT2D eigenvalue weighted by atomic mass is 16.6. The minimum Gasteiger partial charge on any atom is -0.504 e. The van der Waals surface area contributed by atoms with Crippen molar-refractivity contribution in [2.24, 2.45) is 0 Å². The molecule has 1 aliphatic rings. The van der Waals surface area contributed by atoms with E-state index in [-0.39, 0.29) is 17.9 Å². The number of hydrogen-bond donors (Lipinski definition) is 7. The van der Waals surface area contributed by atoms with Gasteiger partial charge >= 0.3 is 17.9 Å². The molecular formula is C25H24O12. The predicted octanol–water partition coefficient (Wildman–Crippen LogP) is 1.03. The number of aliphatic carboxylic acids is 1. The van der Waals surface area contributed by atoms with Crippen molar-refractivity contribution in [1.82, 2.24) is 0 Å². The van der Waals surface area contributed by atoms with Crippen LogP contribution in [0.4, 0.5) is 0 Å². The number of aliphatic hydroxyl groups is 2. The Kier molecular flexibility index (Phi) is 8.05. The number of aromatic hydroxyl groups is 4. The van der Waals surface area contributed by atoms with Gasteiger partial charge in [0.2, 0.25) is 0 Å². The van der Waals surface area contributed by atoms with Crippen molar-refractivity contribution in [3.8, 4) is 23.0 Å². The number of carboxylic acid groups (broad SMARTS) is 1. The monoisotopic (exact) mass is 516 g/mol. The summed E-state index contributed by atoms with van der Waals surface area (Å²) >= 11 is 0. The normalized spacial score (nSPS) is 23.7. The summed E-state index contributed by atoms with van der Waals surface area (Å²) in [5.41, 5.74) is -2.12. The van der Waals surface area contributed by atoms with Gasteiger partial charge < -0.3 is 45.2 Å². The van der Waals surface area contributed by atoms with Crippen LogP contribution in [0.1, 0.15) is 24.0 Å². The lowest BCUT2D eigenvalue weighted by atomic mass is 9.78. The first-order valence-electron chi connectivity index (χ1n) is 10.8. The van der Waals surface area contributed by atoms with Crippen molar-refractivity contribution in [3.05, 3.63) is 59.7 Å². The van der Waals surface area contributed by atoms with Gasteiger partial charge in [-0.25, -0.2) is 14.4 Å². The molecule has 0 bridgehead atoms. The summed E-state index contributed by atoms with van der Waals surface area (Å²) in [4.78, 5) is 36.2. The van der Waals surface area contributed by atoms with Gasteiger partial charge in [0.05, 0.1) is 0 Å². The molecule has 7 N–H and O–H groups in total. The Morgan fingerprint density at radius 1 is 0.811 bits per heavy atom. The number of aliphatic hydroxyl groups excluding tert-OH is 1. The minimum atomic E-state index is -2.78. The Labute approximate surface area is 209 Å². The Hall–Kier alpha value is -4.55. The topological polar surface area (TPSA) is 211 Å². The lowest BCUT2D eigenvalue weighted by Crippen LogP contribution is -2.61. The number of rotatable bonds is 7. The summed E-state index contributed by atoms with van der Waals surface area (Å²) in [5, 5.41) is 68.1. The van der Waals surface area contributed by atoms with Gasteiger partial charge in [-0.1, -0.05) is 12.1 Å². The summed E-state index contributed by atoms with van der Waals surface area (Å²) in [5.74, 6) is -5.34. The molecule has 2 aromatic carbocycles. The van der Waals surface area contributed by atoms with E-state index in [0.717, 1.165) is 12.2 Å². The maximum atomic E-state index is 12.3. The maximum Gasteiger partial charge on any atom is 0.338 e. The Morgan fingerprint density at radius 3 is 1.76 bits per heavy atom. The highest BCUT2D eigenvalue weighted by molar-refractivity contribution is 5.88. The standard InChI is InChI=1S/C25H24O12/c26-16-5-1-13(9-18(16)28)3-7-21(30)36-15-11-20(23(32)25(35,12-15)24(33)34)37-22(31)8-4-14-2-6-17(27)19(29)10-14/h1-10,15,20,23,26-29,32,35H,11-12H2,(H,33,34)/b7-3+,8-4+/t15-,20-,23+,25-/m1/s1. The average Bonchev–Trinajstić information content (AvgIpc) is 2.83. The molecule has 0 aromatic heterocycles. The third-order valence-electron chi connectivity index (χ3n) is 5.62. The van der Waals surface area contributed by atoms with E-state index in [2.05, 4.69) is 0 Å². The van der Waals surface area contributed by atoms with Crippen LogP contribution < -0.4 is 0 Å². The Morgan fingerprint density at radius 2 is 1.30 bits per heavy atom. The zero-order chi connectivity index (χ0) is 27.3. The van der Waals surface area contributed by atoms with Crippen LogP contribution in [0.25, 0.3) is 12.2 Å². The number of carboxylic acids is 1. The first kappa shape index (κ1) is 27.0. The first-order chi connectivity index (χ1) is 17.4. The molecule has 1 fully saturated rings. The number of benzene rings is 2. The SMILES string of the molecule is O=C(/C=C/c1ccc(O)c(O)c1)O[C@@H]1C[C@@H](OC(=O)/C=C/c2ccc(O)c(O)c2)[C@H](O)[C@@](O)(C(=O)O)C1. The van der Waals surface area contributed by atoms with Crippen molar-refractivity contribution < 1.29 is 59.6 Å². The fourth-order valence-corrected chi connectivity index (χ4v) is 3.67. The van der Waals surface area contributed by atoms with E-state index >= 15 is 0 Å². The van der Waals surface area contributed by atoms with Crippen molar-refractivity contribution >= 4 is 30.1 Å². The van der Waals surface area contributed by atoms with Crippen LogP contribution in [-0.4, -0.2) is 77.6 Å². The van der Waals surface area contributed by atoms with Gasteiger partial charge in [-0.05, 0) is 47.5 Å². The second-order valence-electron chi connectivity index (χ2n) is 8.31. The first-order valence-corrected chi connectivity index (χ1v) is 10.8. The molecule has 3 rings (SSSR count). The molecule has 0 saturated heterocycles. The van der Waals surface area contributed by atoms with E-state index in [1.165, 1.54) is 48.6 Å². The van der Waals surface area contributed by atoms with Gasteiger partial charge in [-0.15, -0.1) is 0 Å². The lowest BCUT2D eigenvalue weighted by Gasteiger charge is -2.41. The largest absolute Gasteiger partial charge is 0.504 e. The molecule has 0 spiro atoms. The third kappa shape index (κ3) is 6.57. The molecule has 0 aliphatic heterocycles. The zero-order valence-corrected chi connectivity index (χ0v) is 19.1. The van der Waals surface area contributed by atoms with Gasteiger partial charge in [0.25, 0.3) is 0 Å². The van der Waals surface area contributed by atoms with E-state index in [0.29, 0.717) is 11.1 Å². The number of esters is 2. The van der Waals surface area contributed by atoms with Crippen LogP contribution in [0.5, 0.6) is 23.0 Å². The summed E-state index contributed by atoms with van der Waals surface area (Å²) in [6.45, 7) is 0. The van der Waals surface area contributed by atoms with Crippen LogP contribution in [0.15, 0.2) is 48.6 Å². The smallest absolute Gasteiger partial charge is 0.338 e. The fraction of sp³-hybridized carbons (Fsp3) is 0.240. The number of phenolic OH excluding ortho intramolecular Hbond substituents is 4. The maximum absolute atomic E-state index is 12.3.